The van der Waals surface area contributed by atoms with Crippen LogP contribution in [-0.2, 0) is 13.1 Å². The molecular weight excluding hydrogens is 382 g/mol. The molecule has 1 heterocycles. The number of nitrogens with zero attached hydrogens (tertiary/aromatic N) is 3. The molecule has 0 aliphatic carbocycles. The van der Waals surface area contributed by atoms with E-state index in [-0.39, 0.29) is 0 Å². The van der Waals surface area contributed by atoms with Gasteiger partial charge in [0.2, 0.25) is 11.7 Å². The molecule has 0 amide bonds. The molecule has 3 rings (SSSR count). The van der Waals surface area contributed by atoms with Crippen molar-refractivity contribution >= 4 is 15.9 Å². The first-order chi connectivity index (χ1) is 12.1. The molecule has 0 atom stereocenters. The zero-order chi connectivity index (χ0) is 17.6. The summed E-state index contributed by atoms with van der Waals surface area (Å²) in [6.07, 6.45) is 0. The van der Waals surface area contributed by atoms with E-state index < -0.39 is 0 Å². The third-order valence-corrected chi connectivity index (χ3v) is 4.19. The van der Waals surface area contributed by atoms with Gasteiger partial charge in [-0.05, 0) is 55.9 Å². The molecule has 0 aliphatic rings. The Morgan fingerprint density at radius 2 is 1.76 bits per heavy atom. The first-order valence-electron chi connectivity index (χ1n) is 8.13. The molecule has 0 bridgehead atoms. The maximum atomic E-state index is 5.44. The van der Waals surface area contributed by atoms with Gasteiger partial charge in [0, 0.05) is 16.6 Å². The molecule has 0 spiro atoms. The van der Waals surface area contributed by atoms with Crippen LogP contribution in [0.15, 0.2) is 57.5 Å². The molecule has 0 unspecified atom stereocenters. The maximum absolute atomic E-state index is 5.44. The van der Waals surface area contributed by atoms with Crippen LogP contribution >= 0.6 is 15.9 Å². The molecule has 25 heavy (non-hydrogen) atoms. The quantitative estimate of drug-likeness (QED) is 0.581. The van der Waals surface area contributed by atoms with E-state index in [9.17, 15) is 0 Å². The van der Waals surface area contributed by atoms with Crippen molar-refractivity contribution in [1.29, 1.82) is 0 Å². The van der Waals surface area contributed by atoms with Gasteiger partial charge in [-0.1, -0.05) is 33.2 Å². The number of ether oxygens (including phenoxy) is 1. The Bertz CT molecular complexity index is 800. The highest BCUT2D eigenvalue weighted by Crippen LogP contribution is 2.20. The van der Waals surface area contributed by atoms with E-state index in [1.807, 2.05) is 50.4 Å². The van der Waals surface area contributed by atoms with Crippen LogP contribution in [0.1, 0.15) is 18.4 Å². The summed E-state index contributed by atoms with van der Waals surface area (Å²) in [5, 5.41) is 4.07. The molecule has 5 nitrogen and oxygen atoms in total. The van der Waals surface area contributed by atoms with Crippen LogP contribution in [-0.4, -0.2) is 28.7 Å². The molecule has 130 valence electrons. The zero-order valence-corrected chi connectivity index (χ0v) is 15.9. The summed E-state index contributed by atoms with van der Waals surface area (Å²) in [7, 11) is 2.03. The van der Waals surface area contributed by atoms with Gasteiger partial charge in [-0.3, -0.25) is 4.90 Å². The highest BCUT2D eigenvalue weighted by Gasteiger charge is 2.11. The summed E-state index contributed by atoms with van der Waals surface area (Å²) in [4.78, 5) is 6.62. The smallest absolute Gasteiger partial charge is 0.241 e. The van der Waals surface area contributed by atoms with Crippen molar-refractivity contribution in [3.05, 3.63) is 64.5 Å². The molecule has 0 aliphatic heterocycles. The molecule has 6 heteroatoms. The minimum atomic E-state index is 0.593. The Morgan fingerprint density at radius 1 is 1.04 bits per heavy atom. The molecule has 0 saturated heterocycles. The number of hydrogen-bond acceptors (Lipinski definition) is 5. The lowest BCUT2D eigenvalue weighted by Gasteiger charge is -2.14. The van der Waals surface area contributed by atoms with Crippen LogP contribution in [0.25, 0.3) is 11.4 Å². The van der Waals surface area contributed by atoms with Crippen LogP contribution < -0.4 is 4.74 Å². The van der Waals surface area contributed by atoms with Crippen molar-refractivity contribution in [3.8, 4) is 17.1 Å². The zero-order valence-electron chi connectivity index (χ0n) is 14.3. The lowest BCUT2D eigenvalue weighted by Crippen LogP contribution is -2.17. The molecule has 0 radical (unpaired) electrons. The SMILES string of the molecule is CCOc1ccc(-c2noc(CN(C)Cc3ccc(Br)cc3)n2)cc1. The van der Waals surface area contributed by atoms with Gasteiger partial charge in [-0.25, -0.2) is 0 Å². The van der Waals surface area contributed by atoms with Gasteiger partial charge in [-0.15, -0.1) is 0 Å². The second kappa shape index (κ2) is 8.27. The summed E-state index contributed by atoms with van der Waals surface area (Å²) in [6, 6.07) is 16.0. The summed E-state index contributed by atoms with van der Waals surface area (Å²) in [5.41, 5.74) is 2.14. The summed E-state index contributed by atoms with van der Waals surface area (Å²) in [5.74, 6) is 2.03. The Balaban J connectivity index is 1.61. The number of rotatable bonds is 7. The fourth-order valence-electron chi connectivity index (χ4n) is 2.49. The number of benzene rings is 2. The Morgan fingerprint density at radius 3 is 2.44 bits per heavy atom. The third-order valence-electron chi connectivity index (χ3n) is 3.66. The number of halogens is 1. The average Bonchev–Trinajstić information content (AvgIpc) is 3.06. The Hall–Kier alpha value is -2.18. The van der Waals surface area contributed by atoms with Crippen molar-refractivity contribution in [2.75, 3.05) is 13.7 Å². The predicted molar refractivity (Wildman–Crippen MR) is 100 cm³/mol. The van der Waals surface area contributed by atoms with Gasteiger partial charge in [0.15, 0.2) is 0 Å². The molecular formula is C19H20BrN3O2. The van der Waals surface area contributed by atoms with E-state index in [1.54, 1.807) is 0 Å². The fourth-order valence-corrected chi connectivity index (χ4v) is 2.76. The van der Waals surface area contributed by atoms with Crippen molar-refractivity contribution in [1.82, 2.24) is 15.0 Å². The second-order valence-electron chi connectivity index (χ2n) is 5.77. The minimum Gasteiger partial charge on any atom is -0.494 e. The lowest BCUT2D eigenvalue weighted by molar-refractivity contribution is 0.261. The van der Waals surface area contributed by atoms with Gasteiger partial charge in [0.05, 0.1) is 13.2 Å². The third kappa shape index (κ3) is 4.90. The highest BCUT2D eigenvalue weighted by molar-refractivity contribution is 9.10. The summed E-state index contributed by atoms with van der Waals surface area (Å²) >= 11 is 3.45. The average molecular weight is 402 g/mol. The van der Waals surface area contributed by atoms with Gasteiger partial charge in [-0.2, -0.15) is 4.98 Å². The minimum absolute atomic E-state index is 0.593. The van der Waals surface area contributed by atoms with Gasteiger partial charge in [0.1, 0.15) is 5.75 Å². The normalized spacial score (nSPS) is 11.0. The van der Waals surface area contributed by atoms with E-state index >= 15 is 0 Å². The van der Waals surface area contributed by atoms with E-state index in [1.165, 1.54) is 5.56 Å². The summed E-state index contributed by atoms with van der Waals surface area (Å²) in [6.45, 7) is 4.02. The van der Waals surface area contributed by atoms with E-state index in [0.29, 0.717) is 24.9 Å². The Kier molecular flexibility index (Phi) is 5.83. The van der Waals surface area contributed by atoms with E-state index in [2.05, 4.69) is 43.1 Å². The fraction of sp³-hybridized carbons (Fsp3) is 0.263. The van der Waals surface area contributed by atoms with Crippen LogP contribution in [0.5, 0.6) is 5.75 Å². The molecule has 0 fully saturated rings. The standard InChI is InChI=1S/C19H20BrN3O2/c1-3-24-17-10-6-15(7-11-17)19-21-18(25-22-19)13-23(2)12-14-4-8-16(20)9-5-14/h4-11H,3,12-13H2,1-2H3. The molecule has 1 aromatic heterocycles. The second-order valence-corrected chi connectivity index (χ2v) is 6.68. The molecule has 2 aromatic carbocycles. The Labute approximate surface area is 155 Å². The largest absolute Gasteiger partial charge is 0.494 e. The van der Waals surface area contributed by atoms with Crippen molar-refractivity contribution < 1.29 is 9.26 Å². The van der Waals surface area contributed by atoms with Crippen LogP contribution in [0.3, 0.4) is 0 Å². The van der Waals surface area contributed by atoms with Crippen molar-refractivity contribution in [2.45, 2.75) is 20.0 Å². The van der Waals surface area contributed by atoms with Gasteiger partial charge in [0.25, 0.3) is 0 Å². The first kappa shape index (κ1) is 17.6. The highest BCUT2D eigenvalue weighted by atomic mass is 79.9. The molecule has 0 saturated carbocycles. The van der Waals surface area contributed by atoms with Crippen molar-refractivity contribution in [3.63, 3.8) is 0 Å². The van der Waals surface area contributed by atoms with Crippen LogP contribution in [0, 0.1) is 0 Å². The number of aromatic nitrogens is 2. The first-order valence-corrected chi connectivity index (χ1v) is 8.92. The van der Waals surface area contributed by atoms with Crippen LogP contribution in [0.4, 0.5) is 0 Å². The topological polar surface area (TPSA) is 51.4 Å². The van der Waals surface area contributed by atoms with Crippen LogP contribution in [0.2, 0.25) is 0 Å². The lowest BCUT2D eigenvalue weighted by atomic mass is 10.2. The van der Waals surface area contributed by atoms with E-state index in [0.717, 1.165) is 22.3 Å². The monoisotopic (exact) mass is 401 g/mol. The van der Waals surface area contributed by atoms with Gasteiger partial charge >= 0.3 is 0 Å². The summed E-state index contributed by atoms with van der Waals surface area (Å²) < 4.78 is 11.9. The molecule has 0 N–H and O–H groups in total. The van der Waals surface area contributed by atoms with Crippen molar-refractivity contribution in [2.24, 2.45) is 0 Å². The maximum Gasteiger partial charge on any atom is 0.241 e. The van der Waals surface area contributed by atoms with E-state index in [4.69, 9.17) is 9.26 Å². The molecule has 3 aromatic rings. The van der Waals surface area contributed by atoms with Gasteiger partial charge < -0.3 is 9.26 Å². The predicted octanol–water partition coefficient (Wildman–Crippen LogP) is 4.53. The number of hydrogen-bond donors (Lipinski definition) is 0.